The second-order valence-electron chi connectivity index (χ2n) is 2.44. The van der Waals surface area contributed by atoms with Gasteiger partial charge in [0.1, 0.15) is 0 Å². The first kappa shape index (κ1) is 10.4. The summed E-state index contributed by atoms with van der Waals surface area (Å²) in [6.07, 6.45) is 0.464. The number of halogens is 1. The minimum Gasteiger partial charge on any atom is -0.469 e. The monoisotopic (exact) mass is 178 g/mol. The van der Waals surface area contributed by atoms with Gasteiger partial charge in [-0.1, -0.05) is 6.92 Å². The smallest absolute Gasteiger partial charge is 0.305 e. The normalized spacial score (nSPS) is 12.3. The second kappa shape index (κ2) is 5.13. The van der Waals surface area contributed by atoms with Gasteiger partial charge in [0.05, 0.1) is 7.11 Å². The fourth-order valence-electron chi connectivity index (χ4n) is 0.714. The number of carbonyl (C=O) groups is 2. The Hall–Kier alpha value is -0.570. The average Bonchev–Trinajstić information content (AvgIpc) is 1.85. The van der Waals surface area contributed by atoms with Crippen LogP contribution in [0.3, 0.4) is 0 Å². The van der Waals surface area contributed by atoms with E-state index in [2.05, 4.69) is 4.74 Å². The van der Waals surface area contributed by atoms with Crippen LogP contribution in [0.25, 0.3) is 0 Å². The van der Waals surface area contributed by atoms with Crippen LogP contribution in [0.15, 0.2) is 0 Å². The van der Waals surface area contributed by atoms with E-state index in [9.17, 15) is 9.59 Å². The van der Waals surface area contributed by atoms with E-state index in [0.29, 0.717) is 0 Å². The molecule has 3 nitrogen and oxygen atoms in total. The summed E-state index contributed by atoms with van der Waals surface area (Å²) in [5.74, 6) is -0.345. The summed E-state index contributed by atoms with van der Waals surface area (Å²) < 4.78 is 4.41. The second-order valence-corrected chi connectivity index (χ2v) is 2.87. The van der Waals surface area contributed by atoms with Crippen molar-refractivity contribution in [3.05, 3.63) is 0 Å². The number of rotatable bonds is 4. The van der Waals surface area contributed by atoms with E-state index in [0.717, 1.165) is 0 Å². The summed E-state index contributed by atoms with van der Waals surface area (Å²) in [5.41, 5.74) is 0. The predicted molar refractivity (Wildman–Crippen MR) is 41.3 cm³/mol. The van der Waals surface area contributed by atoms with Gasteiger partial charge in [-0.2, -0.15) is 0 Å². The first-order chi connectivity index (χ1) is 5.06. The average molecular weight is 179 g/mol. The zero-order chi connectivity index (χ0) is 8.85. The Bertz CT molecular complexity index is 156. The first-order valence-corrected chi connectivity index (χ1v) is 3.69. The maximum atomic E-state index is 10.6. The minimum atomic E-state index is -0.415. The van der Waals surface area contributed by atoms with Crippen molar-refractivity contribution < 1.29 is 14.3 Å². The van der Waals surface area contributed by atoms with Crippen LogP contribution in [0, 0.1) is 5.92 Å². The maximum Gasteiger partial charge on any atom is 0.305 e. The lowest BCUT2D eigenvalue weighted by Crippen LogP contribution is -2.08. The van der Waals surface area contributed by atoms with E-state index >= 15 is 0 Å². The molecule has 0 rings (SSSR count). The van der Waals surface area contributed by atoms with Crippen LogP contribution in [0.2, 0.25) is 0 Å². The highest BCUT2D eigenvalue weighted by atomic mass is 35.5. The Morgan fingerprint density at radius 1 is 1.45 bits per heavy atom. The van der Waals surface area contributed by atoms with E-state index in [1.165, 1.54) is 7.11 Å². The van der Waals surface area contributed by atoms with Crippen molar-refractivity contribution in [1.29, 1.82) is 0 Å². The van der Waals surface area contributed by atoms with E-state index in [4.69, 9.17) is 11.6 Å². The predicted octanol–water partition coefficient (Wildman–Crippen LogP) is 1.34. The molecule has 0 heterocycles. The molecule has 11 heavy (non-hydrogen) atoms. The van der Waals surface area contributed by atoms with Gasteiger partial charge in [-0.3, -0.25) is 9.59 Å². The van der Waals surface area contributed by atoms with Gasteiger partial charge in [-0.05, 0) is 17.5 Å². The van der Waals surface area contributed by atoms with Crippen molar-refractivity contribution in [3.63, 3.8) is 0 Å². The van der Waals surface area contributed by atoms with Gasteiger partial charge in [-0.15, -0.1) is 0 Å². The van der Waals surface area contributed by atoms with Gasteiger partial charge in [0.15, 0.2) is 0 Å². The highest BCUT2D eigenvalue weighted by Crippen LogP contribution is 2.09. The number of hydrogen-bond acceptors (Lipinski definition) is 3. The topological polar surface area (TPSA) is 43.4 Å². The van der Waals surface area contributed by atoms with Crippen LogP contribution in [0.1, 0.15) is 19.8 Å². The van der Waals surface area contributed by atoms with Crippen molar-refractivity contribution in [2.24, 2.45) is 5.92 Å². The Balaban J connectivity index is 3.60. The van der Waals surface area contributed by atoms with Gasteiger partial charge < -0.3 is 4.74 Å². The molecular formula is C7H11ClO3. The molecule has 0 bridgehead atoms. The Labute approximate surface area is 70.7 Å². The molecule has 0 aliphatic rings. The molecule has 0 N–H and O–H groups in total. The van der Waals surface area contributed by atoms with E-state index in [1.54, 1.807) is 6.92 Å². The molecule has 0 amide bonds. The summed E-state index contributed by atoms with van der Waals surface area (Å²) in [6, 6.07) is 0. The molecule has 0 aromatic carbocycles. The highest BCUT2D eigenvalue weighted by Gasteiger charge is 2.11. The molecule has 0 fully saturated rings. The molecule has 64 valence electrons. The van der Waals surface area contributed by atoms with Crippen LogP contribution in [-0.2, 0) is 14.3 Å². The molecule has 0 aromatic heterocycles. The number of esters is 1. The molecule has 4 heteroatoms. The third-order valence-electron chi connectivity index (χ3n) is 1.25. The van der Waals surface area contributed by atoms with E-state index in [1.807, 2.05) is 0 Å². The van der Waals surface area contributed by atoms with Crippen LogP contribution in [0.5, 0.6) is 0 Å². The molecular weight excluding hydrogens is 168 g/mol. The zero-order valence-corrected chi connectivity index (χ0v) is 7.35. The Morgan fingerprint density at radius 3 is 2.36 bits per heavy atom. The third kappa shape index (κ3) is 5.85. The third-order valence-corrected chi connectivity index (χ3v) is 1.41. The van der Waals surface area contributed by atoms with Crippen LogP contribution >= 0.6 is 11.6 Å². The quantitative estimate of drug-likeness (QED) is 0.482. The Morgan fingerprint density at radius 2 is 2.00 bits per heavy atom. The molecule has 0 radical (unpaired) electrons. The Kier molecular flexibility index (Phi) is 4.86. The summed E-state index contributed by atoms with van der Waals surface area (Å²) in [6.45, 7) is 1.78. The largest absolute Gasteiger partial charge is 0.469 e. The summed E-state index contributed by atoms with van der Waals surface area (Å²) in [7, 11) is 1.32. The first-order valence-electron chi connectivity index (χ1n) is 3.31. The van der Waals surface area contributed by atoms with E-state index in [-0.39, 0.29) is 24.7 Å². The summed E-state index contributed by atoms with van der Waals surface area (Å²) in [5, 5.41) is -0.415. The number of methoxy groups -OCH3 is 1. The van der Waals surface area contributed by atoms with Crippen molar-refractivity contribution in [3.8, 4) is 0 Å². The molecule has 0 unspecified atom stereocenters. The standard InChI is InChI=1S/C7H11ClO3/c1-5(3-6(8)9)4-7(10)11-2/h5H,3-4H2,1-2H3/t5-/m1/s1. The minimum absolute atomic E-state index is 0.0348. The fourth-order valence-corrected chi connectivity index (χ4v) is 0.977. The molecule has 0 saturated heterocycles. The lowest BCUT2D eigenvalue weighted by molar-refractivity contribution is -0.141. The van der Waals surface area contributed by atoms with Crippen molar-refractivity contribution in [2.75, 3.05) is 7.11 Å². The van der Waals surface area contributed by atoms with Crippen molar-refractivity contribution >= 4 is 22.8 Å². The highest BCUT2D eigenvalue weighted by molar-refractivity contribution is 6.63. The van der Waals surface area contributed by atoms with Gasteiger partial charge in [0.25, 0.3) is 0 Å². The van der Waals surface area contributed by atoms with Gasteiger partial charge in [-0.25, -0.2) is 0 Å². The van der Waals surface area contributed by atoms with E-state index < -0.39 is 5.24 Å². The van der Waals surface area contributed by atoms with Crippen molar-refractivity contribution in [2.45, 2.75) is 19.8 Å². The molecule has 1 atom stereocenters. The fraction of sp³-hybridized carbons (Fsp3) is 0.714. The molecule has 0 aliphatic carbocycles. The molecule has 0 aromatic rings. The molecule has 0 saturated carbocycles. The van der Waals surface area contributed by atoms with Crippen LogP contribution in [-0.4, -0.2) is 18.3 Å². The van der Waals surface area contributed by atoms with Crippen LogP contribution < -0.4 is 0 Å². The van der Waals surface area contributed by atoms with Gasteiger partial charge in [0, 0.05) is 12.8 Å². The van der Waals surface area contributed by atoms with Crippen molar-refractivity contribution in [1.82, 2.24) is 0 Å². The van der Waals surface area contributed by atoms with Gasteiger partial charge >= 0.3 is 5.97 Å². The number of carbonyl (C=O) groups excluding carboxylic acids is 2. The molecule has 0 aliphatic heterocycles. The summed E-state index contributed by atoms with van der Waals surface area (Å²) >= 11 is 5.11. The number of ether oxygens (including phenoxy) is 1. The SMILES string of the molecule is COC(=O)C[C@H](C)CC(=O)Cl. The lowest BCUT2D eigenvalue weighted by atomic mass is 10.1. The maximum absolute atomic E-state index is 10.6. The summed E-state index contributed by atoms with van der Waals surface area (Å²) in [4.78, 5) is 21.0. The lowest BCUT2D eigenvalue weighted by Gasteiger charge is -2.05. The zero-order valence-electron chi connectivity index (χ0n) is 6.59. The number of hydrogen-bond donors (Lipinski definition) is 0. The molecule has 0 spiro atoms. The van der Waals surface area contributed by atoms with Crippen LogP contribution in [0.4, 0.5) is 0 Å². The van der Waals surface area contributed by atoms with Gasteiger partial charge in [0.2, 0.25) is 5.24 Å².